The molecule has 9 heteroatoms. The standard InChI is InChI=1S/C23H26ClF3N4O/c24-19-14-18(23(25,26)27)15-29-21(19)30-12-7-17(8-13-30)22(32)31-11-3-1-2-4-20(31)16-5-9-28-10-6-16/h5-6,9-10,14-15,17,20H,1-4,7-8,11-13H2. The molecular formula is C23H26ClF3N4O. The van der Waals surface area contributed by atoms with Gasteiger partial charge in [0.1, 0.15) is 5.82 Å². The summed E-state index contributed by atoms with van der Waals surface area (Å²) in [7, 11) is 0. The molecule has 0 aromatic carbocycles. The molecule has 0 radical (unpaired) electrons. The Kier molecular flexibility index (Phi) is 6.88. The average molecular weight is 467 g/mol. The molecule has 0 bridgehead atoms. The number of hydrogen-bond donors (Lipinski definition) is 0. The lowest BCUT2D eigenvalue weighted by atomic mass is 9.93. The van der Waals surface area contributed by atoms with Crippen molar-refractivity contribution in [1.82, 2.24) is 14.9 Å². The highest BCUT2D eigenvalue weighted by atomic mass is 35.5. The number of likely N-dealkylation sites (tertiary alicyclic amines) is 1. The van der Waals surface area contributed by atoms with Crippen LogP contribution in [0.2, 0.25) is 5.02 Å². The molecule has 1 amide bonds. The van der Waals surface area contributed by atoms with E-state index in [0.29, 0.717) is 31.7 Å². The zero-order chi connectivity index (χ0) is 22.7. The minimum absolute atomic E-state index is 0.0186. The number of alkyl halides is 3. The van der Waals surface area contributed by atoms with Crippen molar-refractivity contribution in [2.75, 3.05) is 24.5 Å². The summed E-state index contributed by atoms with van der Waals surface area (Å²) in [5, 5.41) is -0.0186. The fourth-order valence-electron chi connectivity index (χ4n) is 4.70. The lowest BCUT2D eigenvalue weighted by Gasteiger charge is -2.37. The summed E-state index contributed by atoms with van der Waals surface area (Å²) in [5.41, 5.74) is 0.257. The van der Waals surface area contributed by atoms with Gasteiger partial charge in [0.15, 0.2) is 0 Å². The molecule has 4 heterocycles. The summed E-state index contributed by atoms with van der Waals surface area (Å²) in [6, 6.07) is 4.95. The third kappa shape index (κ3) is 5.00. The van der Waals surface area contributed by atoms with Gasteiger partial charge in [-0.2, -0.15) is 13.2 Å². The number of hydrogen-bond acceptors (Lipinski definition) is 4. The van der Waals surface area contributed by atoms with Gasteiger partial charge < -0.3 is 9.80 Å². The maximum absolute atomic E-state index is 13.5. The predicted molar refractivity (Wildman–Crippen MR) is 116 cm³/mol. The summed E-state index contributed by atoms with van der Waals surface area (Å²) in [6.07, 6.45) is 5.26. The van der Waals surface area contributed by atoms with Crippen LogP contribution in [-0.2, 0) is 11.0 Å². The lowest BCUT2D eigenvalue weighted by molar-refractivity contribution is -0.139. The van der Waals surface area contributed by atoms with Crippen molar-refractivity contribution >= 4 is 23.3 Å². The molecule has 2 aliphatic heterocycles. The fraction of sp³-hybridized carbons (Fsp3) is 0.522. The highest BCUT2D eigenvalue weighted by Gasteiger charge is 2.35. The van der Waals surface area contributed by atoms with Gasteiger partial charge in [-0.15, -0.1) is 0 Å². The fourth-order valence-corrected chi connectivity index (χ4v) is 4.98. The van der Waals surface area contributed by atoms with E-state index in [1.165, 1.54) is 0 Å². The summed E-state index contributed by atoms with van der Waals surface area (Å²) in [4.78, 5) is 25.4. The second-order valence-electron chi connectivity index (χ2n) is 8.47. The van der Waals surface area contributed by atoms with Crippen molar-refractivity contribution in [3.05, 3.63) is 52.9 Å². The number of anilines is 1. The summed E-state index contributed by atoms with van der Waals surface area (Å²) >= 11 is 6.11. The van der Waals surface area contributed by atoms with E-state index < -0.39 is 11.7 Å². The van der Waals surface area contributed by atoms with Gasteiger partial charge in [0.2, 0.25) is 5.91 Å². The first-order valence-electron chi connectivity index (χ1n) is 11.0. The second-order valence-corrected chi connectivity index (χ2v) is 8.87. The maximum atomic E-state index is 13.5. The Morgan fingerprint density at radius 2 is 1.75 bits per heavy atom. The number of carbonyl (C=O) groups is 1. The Morgan fingerprint density at radius 3 is 2.41 bits per heavy atom. The molecule has 2 aromatic heterocycles. The molecule has 0 spiro atoms. The zero-order valence-electron chi connectivity index (χ0n) is 17.7. The first-order chi connectivity index (χ1) is 15.3. The van der Waals surface area contributed by atoms with Crippen molar-refractivity contribution < 1.29 is 18.0 Å². The van der Waals surface area contributed by atoms with Crippen LogP contribution in [0.4, 0.5) is 19.0 Å². The minimum atomic E-state index is -4.48. The number of aromatic nitrogens is 2. The molecule has 5 nitrogen and oxygen atoms in total. The first kappa shape index (κ1) is 22.8. The third-order valence-electron chi connectivity index (χ3n) is 6.42. The molecule has 2 aromatic rings. The zero-order valence-corrected chi connectivity index (χ0v) is 18.4. The maximum Gasteiger partial charge on any atom is 0.417 e. The summed E-state index contributed by atoms with van der Waals surface area (Å²) in [6.45, 7) is 1.81. The van der Waals surface area contributed by atoms with E-state index in [4.69, 9.17) is 11.6 Å². The van der Waals surface area contributed by atoms with Gasteiger partial charge in [0.25, 0.3) is 0 Å². The van der Waals surface area contributed by atoms with Crippen LogP contribution in [0.3, 0.4) is 0 Å². The Morgan fingerprint density at radius 1 is 1.03 bits per heavy atom. The Hall–Kier alpha value is -2.35. The van der Waals surface area contributed by atoms with E-state index in [1.54, 1.807) is 12.4 Å². The van der Waals surface area contributed by atoms with Crippen molar-refractivity contribution in [3.8, 4) is 0 Å². The van der Waals surface area contributed by atoms with E-state index >= 15 is 0 Å². The molecule has 1 atom stereocenters. The second kappa shape index (κ2) is 9.65. The van der Waals surface area contributed by atoms with Crippen LogP contribution in [0.25, 0.3) is 0 Å². The Bertz CT molecular complexity index is 933. The van der Waals surface area contributed by atoms with Crippen LogP contribution in [0.5, 0.6) is 0 Å². The van der Waals surface area contributed by atoms with Crippen LogP contribution in [-0.4, -0.2) is 40.4 Å². The number of pyridine rings is 2. The van der Waals surface area contributed by atoms with Crippen molar-refractivity contribution in [1.29, 1.82) is 0 Å². The van der Waals surface area contributed by atoms with Gasteiger partial charge in [0.05, 0.1) is 16.6 Å². The minimum Gasteiger partial charge on any atom is -0.355 e. The van der Waals surface area contributed by atoms with Crippen LogP contribution < -0.4 is 4.90 Å². The van der Waals surface area contributed by atoms with E-state index in [9.17, 15) is 18.0 Å². The molecule has 0 N–H and O–H groups in total. The molecule has 4 rings (SSSR count). The monoisotopic (exact) mass is 466 g/mol. The van der Waals surface area contributed by atoms with Crippen LogP contribution >= 0.6 is 11.6 Å². The van der Waals surface area contributed by atoms with Gasteiger partial charge >= 0.3 is 6.18 Å². The smallest absolute Gasteiger partial charge is 0.355 e. The molecule has 0 saturated carbocycles. The summed E-state index contributed by atoms with van der Waals surface area (Å²) in [5.74, 6) is 0.400. The number of carbonyl (C=O) groups excluding carboxylic acids is 1. The lowest BCUT2D eigenvalue weighted by Crippen LogP contribution is -2.44. The quantitative estimate of drug-likeness (QED) is 0.598. The molecule has 2 saturated heterocycles. The topological polar surface area (TPSA) is 49.3 Å². The number of amides is 1. The molecular weight excluding hydrogens is 441 g/mol. The van der Waals surface area contributed by atoms with E-state index in [1.807, 2.05) is 21.9 Å². The van der Waals surface area contributed by atoms with E-state index in [0.717, 1.165) is 50.1 Å². The van der Waals surface area contributed by atoms with Crippen molar-refractivity contribution in [2.24, 2.45) is 5.92 Å². The molecule has 2 fully saturated rings. The van der Waals surface area contributed by atoms with E-state index in [2.05, 4.69) is 9.97 Å². The van der Waals surface area contributed by atoms with Crippen LogP contribution in [0.1, 0.15) is 55.7 Å². The molecule has 1 unspecified atom stereocenters. The van der Waals surface area contributed by atoms with Gasteiger partial charge in [-0.05, 0) is 49.4 Å². The summed E-state index contributed by atoms with van der Waals surface area (Å²) < 4.78 is 38.7. The first-order valence-corrected chi connectivity index (χ1v) is 11.4. The highest BCUT2D eigenvalue weighted by Crippen LogP contribution is 2.36. The molecule has 2 aliphatic rings. The molecule has 0 aliphatic carbocycles. The predicted octanol–water partition coefficient (Wildman–Crippen LogP) is 5.51. The molecule has 172 valence electrons. The normalized spacial score (nSPS) is 20.8. The van der Waals surface area contributed by atoms with Crippen molar-refractivity contribution in [3.63, 3.8) is 0 Å². The average Bonchev–Trinajstić information content (AvgIpc) is 3.05. The largest absolute Gasteiger partial charge is 0.417 e. The van der Waals surface area contributed by atoms with Crippen molar-refractivity contribution in [2.45, 2.75) is 50.7 Å². The highest BCUT2D eigenvalue weighted by molar-refractivity contribution is 6.33. The number of nitrogens with zero attached hydrogens (tertiary/aromatic N) is 4. The van der Waals surface area contributed by atoms with E-state index in [-0.39, 0.29) is 22.9 Å². The Labute approximate surface area is 190 Å². The SMILES string of the molecule is O=C(C1CCN(c2ncc(C(F)(F)F)cc2Cl)CC1)N1CCCCCC1c1ccncc1. The molecule has 32 heavy (non-hydrogen) atoms. The number of piperidine rings is 1. The Balaban J connectivity index is 1.44. The van der Waals surface area contributed by atoms with Gasteiger partial charge in [-0.25, -0.2) is 4.98 Å². The van der Waals surface area contributed by atoms with Gasteiger partial charge in [-0.1, -0.05) is 24.4 Å². The van der Waals surface area contributed by atoms with Gasteiger partial charge in [0, 0.05) is 44.1 Å². The van der Waals surface area contributed by atoms with Gasteiger partial charge in [-0.3, -0.25) is 9.78 Å². The third-order valence-corrected chi connectivity index (χ3v) is 6.70. The number of rotatable bonds is 3. The van der Waals surface area contributed by atoms with Crippen LogP contribution in [0, 0.1) is 5.92 Å². The number of halogens is 4. The van der Waals surface area contributed by atoms with Crippen LogP contribution in [0.15, 0.2) is 36.8 Å².